The van der Waals surface area contributed by atoms with Crippen LogP contribution in [-0.4, -0.2) is 24.1 Å². The highest BCUT2D eigenvalue weighted by atomic mass is 35.5. The molecule has 0 aromatic heterocycles. The molecule has 0 saturated carbocycles. The van der Waals surface area contributed by atoms with Crippen LogP contribution in [-0.2, 0) is 19.7 Å². The van der Waals surface area contributed by atoms with Crippen molar-refractivity contribution in [1.82, 2.24) is 0 Å². The monoisotopic (exact) mass is 308 g/mol. The lowest BCUT2D eigenvalue weighted by atomic mass is 9.64. The number of carbonyl (C=O) groups is 3. The Labute approximate surface area is 128 Å². The molecule has 5 heteroatoms. The lowest BCUT2D eigenvalue weighted by Crippen LogP contribution is -2.49. The topological polar surface area (TPSA) is 60.4 Å². The highest BCUT2D eigenvalue weighted by molar-refractivity contribution is 6.32. The molecule has 2 unspecified atom stereocenters. The summed E-state index contributed by atoms with van der Waals surface area (Å²) < 4.78 is 4.89. The first-order valence-corrected chi connectivity index (χ1v) is 7.29. The Kier molecular flexibility index (Phi) is 4.19. The van der Waals surface area contributed by atoms with E-state index >= 15 is 0 Å². The van der Waals surface area contributed by atoms with Crippen LogP contribution < -0.4 is 0 Å². The molecule has 0 saturated heterocycles. The number of ether oxygens (including phenoxy) is 1. The Morgan fingerprint density at radius 2 is 2.00 bits per heavy atom. The lowest BCUT2D eigenvalue weighted by molar-refractivity contribution is -0.151. The number of fused-ring (bicyclic) bond motifs is 1. The maximum absolute atomic E-state index is 12.7. The zero-order valence-electron chi connectivity index (χ0n) is 12.2. The molecule has 2 rings (SSSR count). The van der Waals surface area contributed by atoms with E-state index in [9.17, 15) is 14.4 Å². The van der Waals surface area contributed by atoms with Gasteiger partial charge in [-0.3, -0.25) is 14.4 Å². The Balaban J connectivity index is 2.63. The molecule has 112 valence electrons. The van der Waals surface area contributed by atoms with E-state index in [-0.39, 0.29) is 6.61 Å². The van der Waals surface area contributed by atoms with E-state index in [1.54, 1.807) is 32.0 Å². The lowest BCUT2D eigenvalue weighted by Gasteiger charge is -2.36. The summed E-state index contributed by atoms with van der Waals surface area (Å²) in [6, 6.07) is 4.80. The number of hydrogen-bond donors (Lipinski definition) is 0. The molecule has 1 aliphatic carbocycles. The number of carbonyl (C=O) groups excluding carboxylic acids is 3. The fourth-order valence-corrected chi connectivity index (χ4v) is 2.89. The molecular formula is C16H17ClO4. The van der Waals surface area contributed by atoms with Gasteiger partial charge in [0.05, 0.1) is 12.0 Å². The van der Waals surface area contributed by atoms with Crippen LogP contribution in [0.25, 0.3) is 0 Å². The van der Waals surface area contributed by atoms with Crippen molar-refractivity contribution in [3.63, 3.8) is 0 Å². The molecule has 0 N–H and O–H groups in total. The van der Waals surface area contributed by atoms with Crippen LogP contribution in [0.2, 0.25) is 5.02 Å². The number of Topliss-reactive ketones (excluding diaryl/α,β-unsaturated/α-hetero) is 2. The van der Waals surface area contributed by atoms with E-state index < -0.39 is 28.9 Å². The summed E-state index contributed by atoms with van der Waals surface area (Å²) in [5, 5.41) is 0.462. The Morgan fingerprint density at radius 3 is 2.57 bits per heavy atom. The van der Waals surface area contributed by atoms with Crippen LogP contribution in [0.5, 0.6) is 0 Å². The molecule has 1 aliphatic rings. The van der Waals surface area contributed by atoms with Crippen molar-refractivity contribution < 1.29 is 19.1 Å². The van der Waals surface area contributed by atoms with Crippen LogP contribution in [0.4, 0.5) is 0 Å². The van der Waals surface area contributed by atoms with Crippen molar-refractivity contribution >= 4 is 29.1 Å². The van der Waals surface area contributed by atoms with Gasteiger partial charge in [-0.1, -0.05) is 18.5 Å². The van der Waals surface area contributed by atoms with Gasteiger partial charge in [-0.2, -0.15) is 0 Å². The zero-order valence-corrected chi connectivity index (χ0v) is 13.0. The van der Waals surface area contributed by atoms with Gasteiger partial charge in [-0.05, 0) is 44.0 Å². The minimum atomic E-state index is -1.37. The molecule has 0 heterocycles. The van der Waals surface area contributed by atoms with Gasteiger partial charge in [0.25, 0.3) is 0 Å². The third-order valence-electron chi connectivity index (χ3n) is 4.14. The summed E-state index contributed by atoms with van der Waals surface area (Å²) in [7, 11) is 0. The molecule has 0 fully saturated rings. The van der Waals surface area contributed by atoms with Crippen molar-refractivity contribution in [2.75, 3.05) is 6.61 Å². The molecule has 21 heavy (non-hydrogen) atoms. The maximum atomic E-state index is 12.7. The van der Waals surface area contributed by atoms with E-state index in [1.807, 2.05) is 6.92 Å². The smallest absolute Gasteiger partial charge is 0.324 e. The van der Waals surface area contributed by atoms with Gasteiger partial charge < -0.3 is 4.74 Å². The van der Waals surface area contributed by atoms with Crippen LogP contribution >= 0.6 is 11.6 Å². The molecule has 4 nitrogen and oxygen atoms in total. The average molecular weight is 309 g/mol. The number of esters is 1. The first-order chi connectivity index (χ1) is 9.86. The molecule has 1 aromatic rings. The molecule has 1 aromatic carbocycles. The molecule has 0 spiro atoms. The van der Waals surface area contributed by atoms with Gasteiger partial charge in [0.15, 0.2) is 17.5 Å². The minimum absolute atomic E-state index is 0.131. The molecule has 0 amide bonds. The van der Waals surface area contributed by atoms with Crippen molar-refractivity contribution in [1.29, 1.82) is 0 Å². The van der Waals surface area contributed by atoms with E-state index in [0.717, 1.165) is 0 Å². The highest BCUT2D eigenvalue weighted by Gasteiger charge is 2.51. The number of ketones is 2. The molecule has 0 bridgehead atoms. The van der Waals surface area contributed by atoms with Crippen molar-refractivity contribution in [3.05, 3.63) is 34.3 Å². The minimum Gasteiger partial charge on any atom is -0.465 e. The molecule has 2 atom stereocenters. The largest absolute Gasteiger partial charge is 0.465 e. The summed E-state index contributed by atoms with van der Waals surface area (Å²) in [6.45, 7) is 5.36. The van der Waals surface area contributed by atoms with Gasteiger partial charge in [0.1, 0.15) is 0 Å². The number of hydrogen-bond acceptors (Lipinski definition) is 4. The van der Waals surface area contributed by atoms with Gasteiger partial charge in [-0.15, -0.1) is 0 Å². The van der Waals surface area contributed by atoms with E-state index in [4.69, 9.17) is 16.3 Å². The summed E-state index contributed by atoms with van der Waals surface area (Å²) in [4.78, 5) is 37.2. The first kappa shape index (κ1) is 15.7. The van der Waals surface area contributed by atoms with Gasteiger partial charge in [-0.25, -0.2) is 0 Å². The van der Waals surface area contributed by atoms with E-state index in [0.29, 0.717) is 22.6 Å². The number of rotatable bonds is 3. The third-order valence-corrected chi connectivity index (χ3v) is 4.37. The van der Waals surface area contributed by atoms with Crippen LogP contribution in [0, 0.1) is 5.92 Å². The second-order valence-electron chi connectivity index (χ2n) is 5.29. The fourth-order valence-electron chi connectivity index (χ4n) is 2.72. The van der Waals surface area contributed by atoms with Gasteiger partial charge >= 0.3 is 5.97 Å². The normalized spacial score (nSPS) is 24.7. The maximum Gasteiger partial charge on any atom is 0.324 e. The molecule has 0 radical (unpaired) electrons. The summed E-state index contributed by atoms with van der Waals surface area (Å²) in [5.74, 6) is -3.06. The average Bonchev–Trinajstić information content (AvgIpc) is 2.45. The van der Waals surface area contributed by atoms with Gasteiger partial charge in [0, 0.05) is 10.6 Å². The van der Waals surface area contributed by atoms with E-state index in [1.165, 1.54) is 0 Å². The summed E-state index contributed by atoms with van der Waals surface area (Å²) in [6.07, 6.45) is 0.475. The van der Waals surface area contributed by atoms with Gasteiger partial charge in [0.2, 0.25) is 0 Å². The van der Waals surface area contributed by atoms with Crippen molar-refractivity contribution in [2.45, 2.75) is 32.6 Å². The second-order valence-corrected chi connectivity index (χ2v) is 5.73. The van der Waals surface area contributed by atoms with E-state index in [2.05, 4.69) is 0 Å². The van der Waals surface area contributed by atoms with Crippen LogP contribution in [0.15, 0.2) is 18.2 Å². The quantitative estimate of drug-likeness (QED) is 0.636. The number of halogens is 1. The first-order valence-electron chi connectivity index (χ1n) is 6.92. The SMILES string of the molecule is CCOC(=O)C1C(=O)c2ccc(Cl)cc2C(C)(CC)C1=O. The third kappa shape index (κ3) is 2.38. The summed E-state index contributed by atoms with van der Waals surface area (Å²) >= 11 is 5.99. The van der Waals surface area contributed by atoms with Crippen molar-refractivity contribution in [3.8, 4) is 0 Å². The summed E-state index contributed by atoms with van der Waals surface area (Å²) in [5.41, 5.74) is 0.0559. The van der Waals surface area contributed by atoms with Crippen molar-refractivity contribution in [2.24, 2.45) is 5.92 Å². The standard InChI is InChI=1S/C16H17ClO4/c1-4-16(3)11-8-9(17)6-7-10(11)13(18)12(14(16)19)15(20)21-5-2/h6-8,12H,4-5H2,1-3H3. The van der Waals surface area contributed by atoms with Crippen LogP contribution in [0.1, 0.15) is 43.1 Å². The zero-order chi connectivity index (χ0) is 15.8. The predicted molar refractivity (Wildman–Crippen MR) is 78.6 cm³/mol. The Morgan fingerprint density at radius 1 is 1.33 bits per heavy atom. The Bertz CT molecular complexity index is 623. The highest BCUT2D eigenvalue weighted by Crippen LogP contribution is 2.41. The van der Waals surface area contributed by atoms with Crippen LogP contribution in [0.3, 0.4) is 0 Å². The molecule has 0 aliphatic heterocycles. The second kappa shape index (κ2) is 5.60. The number of benzene rings is 1. The Hall–Kier alpha value is -1.68. The predicted octanol–water partition coefficient (Wildman–Crippen LogP) is 2.95. The molecular weight excluding hydrogens is 292 g/mol. The fraction of sp³-hybridized carbons (Fsp3) is 0.438.